The number of ether oxygens (including phenoxy) is 1. The van der Waals surface area contributed by atoms with Gasteiger partial charge in [-0.1, -0.05) is 65.3 Å². The van der Waals surface area contributed by atoms with Crippen LogP contribution >= 0.6 is 0 Å². The summed E-state index contributed by atoms with van der Waals surface area (Å²) in [6, 6.07) is 0. The molecule has 0 heterocycles. The number of esters is 1. The summed E-state index contributed by atoms with van der Waals surface area (Å²) in [7, 11) is 0. The van der Waals surface area contributed by atoms with Crippen LogP contribution < -0.4 is 0 Å². The second-order valence-corrected chi connectivity index (χ2v) is 12.3. The van der Waals surface area contributed by atoms with Crippen LogP contribution in [0.5, 0.6) is 0 Å². The van der Waals surface area contributed by atoms with Crippen molar-refractivity contribution in [2.75, 3.05) is 0 Å². The monoisotopic (exact) mass is 438 g/mol. The van der Waals surface area contributed by atoms with Gasteiger partial charge in [-0.2, -0.15) is 0 Å². The van der Waals surface area contributed by atoms with Crippen molar-refractivity contribution in [1.82, 2.24) is 0 Å². The van der Waals surface area contributed by atoms with E-state index in [-0.39, 0.29) is 12.1 Å². The van der Waals surface area contributed by atoms with Crippen LogP contribution in [0.25, 0.3) is 0 Å². The first-order chi connectivity index (χ1) is 15.1. The minimum absolute atomic E-state index is 0.115. The maximum absolute atomic E-state index is 11.5. The number of hydrogen-bond acceptors (Lipinski definition) is 2. The van der Waals surface area contributed by atoms with Crippen LogP contribution in [0, 0.1) is 40.4 Å². The van der Waals surface area contributed by atoms with Gasteiger partial charge in [0.2, 0.25) is 0 Å². The normalized spacial score (nSPS) is 38.8. The molecule has 0 radical (unpaired) electrons. The topological polar surface area (TPSA) is 26.3 Å². The Bertz CT molecular complexity index is 830. The molecule has 0 aromatic carbocycles. The molecule has 0 bridgehead atoms. The lowest BCUT2D eigenvalue weighted by molar-refractivity contribution is -0.150. The Morgan fingerprint density at radius 1 is 1.06 bits per heavy atom. The molecule has 4 rings (SSSR count). The molecular weight excluding hydrogens is 392 g/mol. The van der Waals surface area contributed by atoms with E-state index in [1.165, 1.54) is 38.5 Å². The zero-order valence-corrected chi connectivity index (χ0v) is 21.7. The zero-order chi connectivity index (χ0) is 23.3. The van der Waals surface area contributed by atoms with Gasteiger partial charge in [-0.15, -0.1) is 0 Å². The van der Waals surface area contributed by atoms with Gasteiger partial charge in [0.05, 0.1) is 0 Å². The molecule has 0 aliphatic heterocycles. The summed E-state index contributed by atoms with van der Waals surface area (Å²) < 4.78 is 5.63. The third-order valence-electron chi connectivity index (χ3n) is 10.2. The highest BCUT2D eigenvalue weighted by atomic mass is 16.5. The Labute approximate surface area is 197 Å². The van der Waals surface area contributed by atoms with E-state index in [1.54, 1.807) is 23.6 Å². The molecule has 0 N–H and O–H groups in total. The van der Waals surface area contributed by atoms with Crippen molar-refractivity contribution in [2.45, 2.75) is 106 Å². The van der Waals surface area contributed by atoms with Gasteiger partial charge in [0.25, 0.3) is 0 Å². The number of carbonyl (C=O) groups is 1. The van der Waals surface area contributed by atoms with E-state index in [1.807, 2.05) is 0 Å². The van der Waals surface area contributed by atoms with Crippen LogP contribution in [0.3, 0.4) is 0 Å². The fourth-order valence-electron chi connectivity index (χ4n) is 7.70. The van der Waals surface area contributed by atoms with Crippen LogP contribution in [0.4, 0.5) is 0 Å². The summed E-state index contributed by atoms with van der Waals surface area (Å²) in [5.41, 5.74) is 5.86. The maximum atomic E-state index is 11.5. The molecule has 0 saturated heterocycles. The fraction of sp³-hybridized carbons (Fsp3) is 0.767. The second kappa shape index (κ2) is 8.80. The highest BCUT2D eigenvalue weighted by Gasteiger charge is 2.53. The molecule has 32 heavy (non-hydrogen) atoms. The highest BCUT2D eigenvalue weighted by Crippen LogP contribution is 2.64. The van der Waals surface area contributed by atoms with Crippen molar-refractivity contribution < 1.29 is 9.53 Å². The van der Waals surface area contributed by atoms with Gasteiger partial charge in [0.1, 0.15) is 6.10 Å². The van der Waals surface area contributed by atoms with Crippen molar-refractivity contribution in [3.63, 3.8) is 0 Å². The molecule has 1 fully saturated rings. The smallest absolute Gasteiger partial charge is 0.302 e. The van der Waals surface area contributed by atoms with Crippen molar-refractivity contribution in [3.05, 3.63) is 34.9 Å². The molecule has 178 valence electrons. The molecule has 4 aliphatic rings. The summed E-state index contributed by atoms with van der Waals surface area (Å²) in [6.45, 7) is 16.1. The van der Waals surface area contributed by atoms with Gasteiger partial charge >= 0.3 is 5.97 Å². The Kier molecular flexibility index (Phi) is 6.56. The Hall–Kier alpha value is -1.31. The van der Waals surface area contributed by atoms with Gasteiger partial charge in [0, 0.05) is 6.92 Å². The molecule has 0 aromatic rings. The average molecular weight is 439 g/mol. The van der Waals surface area contributed by atoms with E-state index in [0.717, 1.165) is 18.8 Å². The second-order valence-electron chi connectivity index (χ2n) is 12.3. The van der Waals surface area contributed by atoms with Crippen molar-refractivity contribution in [1.29, 1.82) is 0 Å². The minimum atomic E-state index is -0.115. The van der Waals surface area contributed by atoms with Gasteiger partial charge < -0.3 is 4.74 Å². The van der Waals surface area contributed by atoms with Crippen molar-refractivity contribution >= 4 is 5.97 Å². The fourth-order valence-corrected chi connectivity index (χ4v) is 7.70. The van der Waals surface area contributed by atoms with Crippen LogP contribution in [0.2, 0.25) is 0 Å². The third kappa shape index (κ3) is 4.05. The molecule has 0 aromatic heterocycles. The molecule has 0 spiro atoms. The predicted octanol–water partition coefficient (Wildman–Crippen LogP) is 8.05. The average Bonchev–Trinajstić information content (AvgIpc) is 3.08. The van der Waals surface area contributed by atoms with Gasteiger partial charge in [-0.3, -0.25) is 4.79 Å². The Morgan fingerprint density at radius 3 is 2.50 bits per heavy atom. The largest absolute Gasteiger partial charge is 0.463 e. The zero-order valence-electron chi connectivity index (χ0n) is 21.7. The first kappa shape index (κ1) is 23.8. The molecule has 0 unspecified atom stereocenters. The SMILES string of the molecule is CC(=O)O[C@@H]1CC[C@@]2(C)C3=C(CC[C@@H]2C1)C1=CC[C@@H]([C@H](C)/C=C/[C@H](C)C(C)C)[C@@]1(C)CC3. The minimum Gasteiger partial charge on any atom is -0.463 e. The Morgan fingerprint density at radius 2 is 1.81 bits per heavy atom. The quantitative estimate of drug-likeness (QED) is 0.320. The van der Waals surface area contributed by atoms with Crippen LogP contribution in [-0.2, 0) is 9.53 Å². The number of carbonyl (C=O) groups excluding carboxylic acids is 1. The molecule has 4 aliphatic carbocycles. The van der Waals surface area contributed by atoms with E-state index in [2.05, 4.69) is 59.8 Å². The number of hydrogen-bond donors (Lipinski definition) is 0. The molecule has 2 nitrogen and oxygen atoms in total. The van der Waals surface area contributed by atoms with Gasteiger partial charge in [0.15, 0.2) is 0 Å². The van der Waals surface area contributed by atoms with E-state index in [0.29, 0.717) is 34.5 Å². The van der Waals surface area contributed by atoms with E-state index in [9.17, 15) is 4.79 Å². The van der Waals surface area contributed by atoms with Crippen LogP contribution in [0.15, 0.2) is 34.9 Å². The van der Waals surface area contributed by atoms with Crippen LogP contribution in [0.1, 0.15) is 99.8 Å². The lowest BCUT2D eigenvalue weighted by atomic mass is 9.51. The number of allylic oxidation sites excluding steroid dienone is 6. The molecule has 2 heteroatoms. The third-order valence-corrected chi connectivity index (χ3v) is 10.2. The van der Waals surface area contributed by atoms with Gasteiger partial charge in [-0.05, 0) is 103 Å². The maximum Gasteiger partial charge on any atom is 0.302 e. The summed E-state index contributed by atoms with van der Waals surface area (Å²) in [4.78, 5) is 11.5. The molecule has 7 atom stereocenters. The highest BCUT2D eigenvalue weighted by molar-refractivity contribution is 5.66. The standard InChI is InChI=1S/C30H46O2/c1-19(2)20(3)8-9-21(4)26-12-13-27-25-11-10-23-18-24(32-22(5)31)14-16-29(23,6)28(25)15-17-30(26,27)7/h8-9,13,19-21,23-24,26H,10-12,14-18H2,1-7H3/b9-8+/t20-,21+,23+,24+,26-,29+,30+/m0/s1. The predicted molar refractivity (Wildman–Crippen MR) is 133 cm³/mol. The molecular formula is C30H46O2. The lowest BCUT2D eigenvalue weighted by Crippen LogP contribution is -2.44. The summed E-state index contributed by atoms with van der Waals surface area (Å²) in [5, 5.41) is 0. The van der Waals surface area contributed by atoms with E-state index < -0.39 is 0 Å². The molecule has 0 amide bonds. The van der Waals surface area contributed by atoms with Crippen molar-refractivity contribution in [3.8, 4) is 0 Å². The number of rotatable bonds is 5. The first-order valence-electron chi connectivity index (χ1n) is 13.3. The summed E-state index contributed by atoms with van der Waals surface area (Å²) >= 11 is 0. The van der Waals surface area contributed by atoms with E-state index in [4.69, 9.17) is 4.74 Å². The Balaban J connectivity index is 1.54. The summed E-state index contributed by atoms with van der Waals surface area (Å²) in [6.07, 6.45) is 17.3. The van der Waals surface area contributed by atoms with Crippen LogP contribution in [-0.4, -0.2) is 12.1 Å². The first-order valence-corrected chi connectivity index (χ1v) is 13.3. The van der Waals surface area contributed by atoms with Gasteiger partial charge in [-0.25, -0.2) is 0 Å². The van der Waals surface area contributed by atoms with Crippen molar-refractivity contribution in [2.24, 2.45) is 40.4 Å². The molecule has 1 saturated carbocycles. The number of fused-ring (bicyclic) bond motifs is 4. The van der Waals surface area contributed by atoms with E-state index >= 15 is 0 Å². The lowest BCUT2D eigenvalue weighted by Gasteiger charge is -2.54. The summed E-state index contributed by atoms with van der Waals surface area (Å²) in [5.74, 6) is 3.27.